The van der Waals surface area contributed by atoms with Crippen molar-refractivity contribution < 1.29 is 19.4 Å². The van der Waals surface area contributed by atoms with Crippen LogP contribution in [0.15, 0.2) is 77.3 Å². The molecule has 1 heterocycles. The Morgan fingerprint density at radius 3 is 2.58 bits per heavy atom. The van der Waals surface area contributed by atoms with Crippen molar-refractivity contribution >= 4 is 33.3 Å². The number of nitrogens with zero attached hydrogens (tertiary/aromatic N) is 1. The summed E-state index contributed by atoms with van der Waals surface area (Å²) in [6.07, 6.45) is 0.298. The van der Waals surface area contributed by atoms with Crippen molar-refractivity contribution in [1.29, 1.82) is 0 Å². The lowest BCUT2D eigenvalue weighted by atomic mass is 9.88. The second-order valence-electron chi connectivity index (χ2n) is 7.55. The predicted octanol–water partition coefficient (Wildman–Crippen LogP) is 4.51. The second kappa shape index (κ2) is 8.65. The molecule has 4 rings (SSSR count). The minimum atomic E-state index is -1.92. The minimum absolute atomic E-state index is 0.328. The summed E-state index contributed by atoms with van der Waals surface area (Å²) in [7, 11) is 1.52. The number of Topliss-reactive ketones (excluding diaryl/α,β-unsaturated/α-hetero) is 1. The number of carbonyl (C=O) groups is 2. The van der Waals surface area contributed by atoms with Gasteiger partial charge in [-0.2, -0.15) is 0 Å². The molecule has 0 fully saturated rings. The highest BCUT2D eigenvalue weighted by atomic mass is 79.9. The maximum Gasteiger partial charge on any atom is 0.264 e. The van der Waals surface area contributed by atoms with Crippen LogP contribution < -0.4 is 9.64 Å². The zero-order valence-corrected chi connectivity index (χ0v) is 18.6. The fraction of sp³-hybridized carbons (Fsp3) is 0.200. The molecule has 3 aromatic rings. The number of fused-ring (bicyclic) bond motifs is 1. The normalized spacial score (nSPS) is 17.5. The lowest BCUT2D eigenvalue weighted by molar-refractivity contribution is -0.135. The zero-order chi connectivity index (χ0) is 22.0. The van der Waals surface area contributed by atoms with E-state index in [2.05, 4.69) is 15.9 Å². The van der Waals surface area contributed by atoms with Gasteiger partial charge in [0.1, 0.15) is 5.75 Å². The summed E-state index contributed by atoms with van der Waals surface area (Å²) >= 11 is 3.42. The molecular weight excluding hydrogens is 458 g/mol. The third-order valence-electron chi connectivity index (χ3n) is 5.57. The minimum Gasteiger partial charge on any atom is -0.497 e. The van der Waals surface area contributed by atoms with Gasteiger partial charge in [0, 0.05) is 22.1 Å². The monoisotopic (exact) mass is 479 g/mol. The molecule has 1 unspecified atom stereocenters. The summed E-state index contributed by atoms with van der Waals surface area (Å²) in [5.74, 6) is -0.262. The molecule has 0 radical (unpaired) electrons. The number of ether oxygens (including phenoxy) is 1. The van der Waals surface area contributed by atoms with Crippen LogP contribution in [-0.4, -0.2) is 30.5 Å². The highest BCUT2D eigenvalue weighted by Crippen LogP contribution is 2.44. The predicted molar refractivity (Wildman–Crippen MR) is 122 cm³/mol. The van der Waals surface area contributed by atoms with Gasteiger partial charge in [0.25, 0.3) is 5.91 Å². The molecular formula is C25H22BrNO4. The van der Waals surface area contributed by atoms with Crippen molar-refractivity contribution in [2.24, 2.45) is 0 Å². The topological polar surface area (TPSA) is 66.8 Å². The molecule has 0 saturated carbocycles. The van der Waals surface area contributed by atoms with Gasteiger partial charge in [-0.1, -0.05) is 58.4 Å². The Kier molecular flexibility index (Phi) is 5.94. The molecule has 31 heavy (non-hydrogen) atoms. The van der Waals surface area contributed by atoms with Gasteiger partial charge in [-0.15, -0.1) is 0 Å². The number of halogens is 1. The molecule has 0 aromatic heterocycles. The number of hydrogen-bond donors (Lipinski definition) is 1. The van der Waals surface area contributed by atoms with Gasteiger partial charge in [0.05, 0.1) is 19.2 Å². The van der Waals surface area contributed by atoms with Crippen molar-refractivity contribution in [3.63, 3.8) is 0 Å². The number of benzene rings is 3. The Balaban J connectivity index is 1.64. The molecule has 1 aliphatic rings. The number of aliphatic hydroxyl groups is 1. The molecule has 6 heteroatoms. The van der Waals surface area contributed by atoms with Gasteiger partial charge >= 0.3 is 0 Å². The van der Waals surface area contributed by atoms with Gasteiger partial charge in [0.15, 0.2) is 11.4 Å². The highest BCUT2D eigenvalue weighted by molar-refractivity contribution is 9.10. The molecule has 0 saturated heterocycles. The van der Waals surface area contributed by atoms with Crippen LogP contribution in [0.1, 0.15) is 27.9 Å². The van der Waals surface area contributed by atoms with Crippen LogP contribution in [0.4, 0.5) is 5.69 Å². The third-order valence-corrected chi connectivity index (χ3v) is 6.06. The van der Waals surface area contributed by atoms with Gasteiger partial charge in [-0.05, 0) is 42.3 Å². The van der Waals surface area contributed by atoms with E-state index in [0.717, 1.165) is 10.0 Å². The first-order valence-corrected chi connectivity index (χ1v) is 10.8. The van der Waals surface area contributed by atoms with Crippen molar-refractivity contribution in [2.45, 2.75) is 18.4 Å². The van der Waals surface area contributed by atoms with Gasteiger partial charge < -0.3 is 14.7 Å². The summed E-state index contributed by atoms with van der Waals surface area (Å²) in [6, 6.07) is 21.9. The average molecular weight is 480 g/mol. The summed E-state index contributed by atoms with van der Waals surface area (Å²) in [4.78, 5) is 28.0. The number of anilines is 1. The molecule has 0 spiro atoms. The van der Waals surface area contributed by atoms with E-state index in [-0.39, 0.29) is 12.2 Å². The summed E-state index contributed by atoms with van der Waals surface area (Å²) < 4.78 is 5.92. The van der Waals surface area contributed by atoms with Crippen LogP contribution in [0, 0.1) is 0 Å². The molecule has 0 aliphatic carbocycles. The van der Waals surface area contributed by atoms with E-state index in [1.54, 1.807) is 41.3 Å². The lowest BCUT2D eigenvalue weighted by Crippen LogP contribution is -2.42. The van der Waals surface area contributed by atoms with Gasteiger partial charge in [-0.25, -0.2) is 0 Å². The number of amides is 1. The van der Waals surface area contributed by atoms with Crippen LogP contribution in [0.2, 0.25) is 0 Å². The smallest absolute Gasteiger partial charge is 0.264 e. The lowest BCUT2D eigenvalue weighted by Gasteiger charge is -2.23. The second-order valence-corrected chi connectivity index (χ2v) is 8.46. The standard InChI is InChI=1S/C25H22BrNO4/c1-31-20-9-5-8-18(14-20)23(28)16-25(30)21-15-19(26)10-11-22(21)27(24(25)29)13-12-17-6-3-2-4-7-17/h2-11,14-15,30H,12-13,16H2,1H3. The van der Waals surface area contributed by atoms with Crippen molar-refractivity contribution in [3.05, 3.63) is 94.0 Å². The van der Waals surface area contributed by atoms with E-state index in [4.69, 9.17) is 4.74 Å². The van der Waals surface area contributed by atoms with E-state index in [1.165, 1.54) is 7.11 Å². The third kappa shape index (κ3) is 4.13. The fourth-order valence-corrected chi connectivity index (χ4v) is 4.29. The van der Waals surface area contributed by atoms with E-state index in [1.807, 2.05) is 36.4 Å². The van der Waals surface area contributed by atoms with Crippen LogP contribution in [-0.2, 0) is 16.8 Å². The summed E-state index contributed by atoms with van der Waals surface area (Å²) in [5.41, 5.74) is 0.633. The van der Waals surface area contributed by atoms with Crippen LogP contribution in [0.3, 0.4) is 0 Å². The molecule has 1 amide bonds. The largest absolute Gasteiger partial charge is 0.497 e. The van der Waals surface area contributed by atoms with Crippen LogP contribution >= 0.6 is 15.9 Å². The summed E-state index contributed by atoms with van der Waals surface area (Å²) in [6.45, 7) is 0.410. The molecule has 1 aliphatic heterocycles. The number of carbonyl (C=O) groups excluding carboxylic acids is 2. The SMILES string of the molecule is COc1cccc(C(=O)CC2(O)C(=O)N(CCc3ccccc3)c3ccc(Br)cc32)c1. The first-order valence-electron chi connectivity index (χ1n) is 9.98. The maximum atomic E-state index is 13.4. The van der Waals surface area contributed by atoms with Crippen molar-refractivity contribution in [1.82, 2.24) is 0 Å². The van der Waals surface area contributed by atoms with E-state index < -0.39 is 11.5 Å². The quantitative estimate of drug-likeness (QED) is 0.506. The molecule has 5 nitrogen and oxygen atoms in total. The molecule has 0 bridgehead atoms. The number of methoxy groups -OCH3 is 1. The molecule has 1 N–H and O–H groups in total. The van der Waals surface area contributed by atoms with Crippen molar-refractivity contribution in [3.8, 4) is 5.75 Å². The first-order chi connectivity index (χ1) is 14.9. The average Bonchev–Trinajstić information content (AvgIpc) is 2.99. The number of ketones is 1. The van der Waals surface area contributed by atoms with Crippen LogP contribution in [0.5, 0.6) is 5.75 Å². The Hall–Kier alpha value is -2.96. The van der Waals surface area contributed by atoms with Gasteiger partial charge in [0.2, 0.25) is 0 Å². The first kappa shape index (κ1) is 21.3. The zero-order valence-electron chi connectivity index (χ0n) is 17.0. The Bertz CT molecular complexity index is 1130. The Morgan fingerprint density at radius 2 is 1.84 bits per heavy atom. The Morgan fingerprint density at radius 1 is 1.06 bits per heavy atom. The van der Waals surface area contributed by atoms with E-state index >= 15 is 0 Å². The number of hydrogen-bond acceptors (Lipinski definition) is 4. The van der Waals surface area contributed by atoms with Crippen molar-refractivity contribution in [2.75, 3.05) is 18.6 Å². The van der Waals surface area contributed by atoms with E-state index in [0.29, 0.717) is 35.5 Å². The van der Waals surface area contributed by atoms with E-state index in [9.17, 15) is 14.7 Å². The molecule has 158 valence electrons. The molecule has 3 aromatic carbocycles. The van der Waals surface area contributed by atoms with Gasteiger partial charge in [-0.3, -0.25) is 9.59 Å². The molecule has 1 atom stereocenters. The Labute approximate surface area is 189 Å². The summed E-state index contributed by atoms with van der Waals surface area (Å²) in [5, 5.41) is 11.5. The highest BCUT2D eigenvalue weighted by Gasteiger charge is 2.50. The number of rotatable bonds is 7. The maximum absolute atomic E-state index is 13.4. The fourth-order valence-electron chi connectivity index (χ4n) is 3.93. The van der Waals surface area contributed by atoms with Crippen LogP contribution in [0.25, 0.3) is 0 Å².